The summed E-state index contributed by atoms with van der Waals surface area (Å²) >= 11 is 0. The highest BCUT2D eigenvalue weighted by Gasteiger charge is 2.51. The number of rotatable bonds is 40. The Labute approximate surface area is 415 Å². The molecule has 2 aliphatic rings. The fourth-order valence-corrected chi connectivity index (χ4v) is 9.83. The lowest BCUT2D eigenvalue weighted by Crippen LogP contribution is -2.64. The van der Waals surface area contributed by atoms with Crippen molar-refractivity contribution in [1.29, 1.82) is 0 Å². The maximum atomic E-state index is 11.2. The second-order valence-corrected chi connectivity index (χ2v) is 23.0. The van der Waals surface area contributed by atoms with E-state index in [4.69, 9.17) is 28.4 Å². The molecule has 7 unspecified atom stereocenters. The standard InChI is InChI=1S/C55H108O13/c1-37(2)17-11-19-39(5)21-13-23-41(7)25-15-27-43(9)29-31-63-35-45(64-32-30-44(10)28-16-26-42(8)24-14-22-40(6)20-12-18-38(3)4)36-65-55-53(51(61)49(59)47(34-57)67-55)68-54-52(62)50(60)48(58)46(33-56)66-54/h37-62H,11-36H2,1-10H3/t39?,40?,41?,42?,43?,44?,45?,46-,47-,48-,49-,50+,51+,52+,53+,54-,55+/m1/s1. The molecule has 0 saturated carbocycles. The van der Waals surface area contributed by atoms with Crippen molar-refractivity contribution in [2.24, 2.45) is 47.3 Å². The number of aliphatic hydroxyl groups excluding tert-OH is 7. The lowest BCUT2D eigenvalue weighted by atomic mass is 9.91. The zero-order chi connectivity index (χ0) is 50.6. The molecule has 0 amide bonds. The molecule has 0 aromatic carbocycles. The van der Waals surface area contributed by atoms with Crippen LogP contribution in [0.4, 0.5) is 0 Å². The van der Waals surface area contributed by atoms with Crippen LogP contribution in [-0.4, -0.2) is 143 Å². The molecule has 68 heavy (non-hydrogen) atoms. The third-order valence-electron chi connectivity index (χ3n) is 15.0. The van der Waals surface area contributed by atoms with Crippen LogP contribution in [0.5, 0.6) is 0 Å². The predicted molar refractivity (Wildman–Crippen MR) is 270 cm³/mol. The lowest BCUT2D eigenvalue weighted by Gasteiger charge is -2.46. The average molecular weight is 977 g/mol. The zero-order valence-corrected chi connectivity index (χ0v) is 44.9. The highest BCUT2D eigenvalue weighted by atomic mass is 16.8. The summed E-state index contributed by atoms with van der Waals surface area (Å²) in [5.41, 5.74) is 0. The number of ether oxygens (including phenoxy) is 6. The van der Waals surface area contributed by atoms with Gasteiger partial charge >= 0.3 is 0 Å². The van der Waals surface area contributed by atoms with Crippen LogP contribution in [0.15, 0.2) is 0 Å². The van der Waals surface area contributed by atoms with Gasteiger partial charge in [-0.2, -0.15) is 0 Å². The van der Waals surface area contributed by atoms with Gasteiger partial charge in [0.25, 0.3) is 0 Å². The number of hydrogen-bond acceptors (Lipinski definition) is 13. The molecular formula is C55H108O13. The quantitative estimate of drug-likeness (QED) is 0.0288. The van der Waals surface area contributed by atoms with Crippen molar-refractivity contribution in [1.82, 2.24) is 0 Å². The molecule has 2 aliphatic heterocycles. The molecule has 406 valence electrons. The van der Waals surface area contributed by atoms with Gasteiger partial charge in [0.15, 0.2) is 12.6 Å². The van der Waals surface area contributed by atoms with Crippen LogP contribution >= 0.6 is 0 Å². The molecule has 0 radical (unpaired) electrons. The fraction of sp³-hybridized carbons (Fsp3) is 1.00. The normalized spacial score (nSPS) is 29.0. The van der Waals surface area contributed by atoms with Crippen LogP contribution in [0.25, 0.3) is 0 Å². The van der Waals surface area contributed by atoms with Crippen LogP contribution in [0.3, 0.4) is 0 Å². The van der Waals surface area contributed by atoms with Crippen molar-refractivity contribution < 1.29 is 64.2 Å². The summed E-state index contributed by atoms with van der Waals surface area (Å²) in [6.45, 7) is 23.4. The minimum atomic E-state index is -1.75. The van der Waals surface area contributed by atoms with Gasteiger partial charge < -0.3 is 64.2 Å². The first-order valence-electron chi connectivity index (χ1n) is 27.8. The Morgan fingerprint density at radius 2 is 0.765 bits per heavy atom. The van der Waals surface area contributed by atoms with E-state index < -0.39 is 80.7 Å². The largest absolute Gasteiger partial charge is 0.394 e. The van der Waals surface area contributed by atoms with Crippen molar-refractivity contribution in [3.8, 4) is 0 Å². The minimum Gasteiger partial charge on any atom is -0.394 e. The van der Waals surface area contributed by atoms with E-state index in [2.05, 4.69) is 69.2 Å². The van der Waals surface area contributed by atoms with Crippen LogP contribution in [0.2, 0.25) is 0 Å². The van der Waals surface area contributed by atoms with Gasteiger partial charge in [-0.05, 0) is 60.2 Å². The van der Waals surface area contributed by atoms with Gasteiger partial charge in [0.1, 0.15) is 54.9 Å². The maximum absolute atomic E-state index is 11.2. The van der Waals surface area contributed by atoms with E-state index in [9.17, 15) is 35.7 Å². The van der Waals surface area contributed by atoms with Gasteiger partial charge in [-0.15, -0.1) is 0 Å². The predicted octanol–water partition coefficient (Wildman–Crippen LogP) is 8.96. The van der Waals surface area contributed by atoms with Gasteiger partial charge in [-0.25, -0.2) is 0 Å². The van der Waals surface area contributed by atoms with Crippen LogP contribution in [0, 0.1) is 47.3 Å². The van der Waals surface area contributed by atoms with E-state index in [0.29, 0.717) is 25.0 Å². The molecule has 0 bridgehead atoms. The third-order valence-corrected chi connectivity index (χ3v) is 15.0. The molecule has 7 N–H and O–H groups in total. The van der Waals surface area contributed by atoms with Gasteiger partial charge in [0, 0.05) is 13.2 Å². The molecule has 2 rings (SSSR count). The molecule has 13 nitrogen and oxygen atoms in total. The Kier molecular flexibility index (Phi) is 34.1. The highest BCUT2D eigenvalue weighted by Crippen LogP contribution is 2.31. The first-order chi connectivity index (χ1) is 32.4. The average Bonchev–Trinajstić information content (AvgIpc) is 3.28. The Bertz CT molecular complexity index is 1190. The monoisotopic (exact) mass is 977 g/mol. The first kappa shape index (κ1) is 63.6. The molecule has 2 fully saturated rings. The Balaban J connectivity index is 1.93. The van der Waals surface area contributed by atoms with Crippen molar-refractivity contribution in [2.75, 3.05) is 39.6 Å². The highest BCUT2D eigenvalue weighted by molar-refractivity contribution is 4.94. The lowest BCUT2D eigenvalue weighted by molar-refractivity contribution is -0.369. The SMILES string of the molecule is CC(C)CCCC(C)CCCC(C)CCCC(C)CCOCC(CO[C@H]1O[C@H](CO)[C@@H](O)[C@H](O)[C@@H]1O[C@H]1O[C@H](CO)[C@@H](O)[C@H](O)[C@@H]1O)OCCC(C)CCCC(C)CCCC(C)CCCC(C)C. The summed E-state index contributed by atoms with van der Waals surface area (Å²) in [4.78, 5) is 0. The first-order valence-corrected chi connectivity index (χ1v) is 27.8. The van der Waals surface area contributed by atoms with Crippen LogP contribution < -0.4 is 0 Å². The van der Waals surface area contributed by atoms with Gasteiger partial charge in [-0.1, -0.05) is 185 Å². The summed E-state index contributed by atoms with van der Waals surface area (Å²) in [5.74, 6) is 5.67. The topological polar surface area (TPSA) is 197 Å². The molecule has 2 saturated heterocycles. The van der Waals surface area contributed by atoms with E-state index in [1.807, 2.05) is 0 Å². The fourth-order valence-electron chi connectivity index (χ4n) is 9.83. The van der Waals surface area contributed by atoms with Crippen LogP contribution in [-0.2, 0) is 28.4 Å². The van der Waals surface area contributed by atoms with Crippen molar-refractivity contribution >= 4 is 0 Å². The van der Waals surface area contributed by atoms with Crippen molar-refractivity contribution in [3.05, 3.63) is 0 Å². The summed E-state index contributed by atoms with van der Waals surface area (Å²) in [6, 6.07) is 0. The Morgan fingerprint density at radius 1 is 0.397 bits per heavy atom. The Morgan fingerprint density at radius 3 is 1.18 bits per heavy atom. The van der Waals surface area contributed by atoms with Gasteiger partial charge in [-0.3, -0.25) is 0 Å². The van der Waals surface area contributed by atoms with Crippen LogP contribution in [0.1, 0.15) is 198 Å². The van der Waals surface area contributed by atoms with E-state index >= 15 is 0 Å². The molecule has 0 aliphatic carbocycles. The number of aliphatic hydroxyl groups is 7. The molecule has 17 atom stereocenters. The zero-order valence-electron chi connectivity index (χ0n) is 44.9. The second-order valence-electron chi connectivity index (χ2n) is 23.0. The third kappa shape index (κ3) is 26.4. The van der Waals surface area contributed by atoms with Crippen molar-refractivity contribution in [2.45, 2.75) is 265 Å². The summed E-state index contributed by atoms with van der Waals surface area (Å²) in [6.07, 6.45) is 9.16. The summed E-state index contributed by atoms with van der Waals surface area (Å²) in [5, 5.41) is 73.0. The summed E-state index contributed by atoms with van der Waals surface area (Å²) in [7, 11) is 0. The molecule has 0 aromatic rings. The molecule has 0 spiro atoms. The minimum absolute atomic E-state index is 0.0351. The second kappa shape index (κ2) is 36.4. The molecule has 2 heterocycles. The van der Waals surface area contributed by atoms with E-state index in [1.165, 1.54) is 103 Å². The smallest absolute Gasteiger partial charge is 0.187 e. The van der Waals surface area contributed by atoms with E-state index in [1.54, 1.807) is 0 Å². The Hall–Kier alpha value is -0.520. The maximum Gasteiger partial charge on any atom is 0.187 e. The number of hydrogen-bond donors (Lipinski definition) is 7. The van der Waals surface area contributed by atoms with Gasteiger partial charge in [0.2, 0.25) is 0 Å². The molecule has 0 aromatic heterocycles. The van der Waals surface area contributed by atoms with E-state index in [-0.39, 0.29) is 13.2 Å². The van der Waals surface area contributed by atoms with Crippen molar-refractivity contribution in [3.63, 3.8) is 0 Å². The van der Waals surface area contributed by atoms with E-state index in [0.717, 1.165) is 61.2 Å². The van der Waals surface area contributed by atoms with Gasteiger partial charge in [0.05, 0.1) is 26.4 Å². The molecule has 13 heteroatoms. The molecular weight excluding hydrogens is 869 g/mol. The summed E-state index contributed by atoms with van der Waals surface area (Å²) < 4.78 is 36.2.